The van der Waals surface area contributed by atoms with Gasteiger partial charge in [-0.3, -0.25) is 19.3 Å². The summed E-state index contributed by atoms with van der Waals surface area (Å²) in [6.07, 6.45) is 0. The minimum Gasteiger partial charge on any atom is -0.496 e. The number of carbonyl (C=O) groups is 3. The summed E-state index contributed by atoms with van der Waals surface area (Å²) in [4.78, 5) is 40.3. The predicted molar refractivity (Wildman–Crippen MR) is 127 cm³/mol. The first-order chi connectivity index (χ1) is 15.9. The fraction of sp³-hybridized carbons (Fsp3) is 0.375. The van der Waals surface area contributed by atoms with E-state index in [9.17, 15) is 18.8 Å². The van der Waals surface area contributed by atoms with Crippen LogP contribution in [-0.2, 0) is 15.3 Å². The number of Topliss-reactive ketones (excluding diaryl/α,β-unsaturated/α-hetero) is 1. The fourth-order valence-corrected chi connectivity index (χ4v) is 4.45. The van der Waals surface area contributed by atoms with Crippen molar-refractivity contribution in [1.29, 1.82) is 0 Å². The number of halogens is 1. The molecule has 1 fully saturated rings. The number of hydrogen-bond acceptors (Lipinski definition) is 6. The van der Waals surface area contributed by atoms with E-state index in [1.807, 2.05) is 15.9 Å². The predicted octanol–water partition coefficient (Wildman–Crippen LogP) is 3.05. The molecular formula is C24H28FN3O4S. The van der Waals surface area contributed by atoms with Crippen molar-refractivity contribution in [2.24, 2.45) is 0 Å². The number of anilines is 1. The van der Waals surface area contributed by atoms with Gasteiger partial charge >= 0.3 is 0 Å². The summed E-state index contributed by atoms with van der Waals surface area (Å²) in [6.45, 7) is 4.09. The highest BCUT2D eigenvalue weighted by molar-refractivity contribution is 7.99. The summed E-state index contributed by atoms with van der Waals surface area (Å²) < 4.78 is 18.3. The SMILES string of the molecule is COc1ccc(C(C)=O)cc1CSCC(=O)N1CCN(CC(=O)Nc2ccc(F)cc2)CC1. The van der Waals surface area contributed by atoms with E-state index >= 15 is 0 Å². The third-order valence-corrected chi connectivity index (χ3v) is 6.36. The zero-order chi connectivity index (χ0) is 23.8. The highest BCUT2D eigenvalue weighted by atomic mass is 32.2. The van der Waals surface area contributed by atoms with E-state index in [4.69, 9.17) is 4.74 Å². The lowest BCUT2D eigenvalue weighted by atomic mass is 10.1. The maximum atomic E-state index is 13.0. The van der Waals surface area contributed by atoms with Gasteiger partial charge in [0.05, 0.1) is 19.4 Å². The molecule has 0 radical (unpaired) electrons. The Hall–Kier alpha value is -2.91. The van der Waals surface area contributed by atoms with Gasteiger partial charge in [0.25, 0.3) is 0 Å². The molecule has 0 atom stereocenters. The third-order valence-electron chi connectivity index (χ3n) is 5.39. The average Bonchev–Trinajstić information content (AvgIpc) is 2.80. The van der Waals surface area contributed by atoms with Crippen molar-refractivity contribution >= 4 is 35.0 Å². The summed E-state index contributed by atoms with van der Waals surface area (Å²) in [5, 5.41) is 2.75. The molecule has 2 aromatic carbocycles. The Labute approximate surface area is 197 Å². The van der Waals surface area contributed by atoms with E-state index in [0.29, 0.717) is 54.7 Å². The van der Waals surface area contributed by atoms with Gasteiger partial charge < -0.3 is 15.0 Å². The number of rotatable bonds is 9. The standard InChI is InChI=1S/C24H28FN3O4S/c1-17(29)18-3-8-22(32-2)19(13-18)15-33-16-24(31)28-11-9-27(10-12-28)14-23(30)26-21-6-4-20(25)5-7-21/h3-8,13H,9-12,14-16H2,1-2H3,(H,26,30). The van der Waals surface area contributed by atoms with Gasteiger partial charge in [0.1, 0.15) is 11.6 Å². The summed E-state index contributed by atoms with van der Waals surface area (Å²) in [7, 11) is 1.58. The number of benzene rings is 2. The molecular weight excluding hydrogens is 445 g/mol. The molecule has 0 saturated carbocycles. The number of hydrogen-bond donors (Lipinski definition) is 1. The van der Waals surface area contributed by atoms with Gasteiger partial charge in [-0.05, 0) is 49.4 Å². The molecule has 1 N–H and O–H groups in total. The molecule has 9 heteroatoms. The van der Waals surface area contributed by atoms with Gasteiger partial charge in [-0.25, -0.2) is 4.39 Å². The van der Waals surface area contributed by atoms with Crippen molar-refractivity contribution in [1.82, 2.24) is 9.80 Å². The van der Waals surface area contributed by atoms with Crippen molar-refractivity contribution < 1.29 is 23.5 Å². The first kappa shape index (κ1) is 24.7. The number of nitrogens with zero attached hydrogens (tertiary/aromatic N) is 2. The van der Waals surface area contributed by atoms with Crippen molar-refractivity contribution in [3.63, 3.8) is 0 Å². The van der Waals surface area contributed by atoms with E-state index in [1.165, 1.54) is 43.0 Å². The Morgan fingerprint density at radius 1 is 1.06 bits per heavy atom. The molecule has 1 saturated heterocycles. The monoisotopic (exact) mass is 473 g/mol. The van der Waals surface area contributed by atoms with Gasteiger partial charge in [-0.2, -0.15) is 0 Å². The molecule has 0 unspecified atom stereocenters. The number of carbonyl (C=O) groups excluding carboxylic acids is 3. The van der Waals surface area contributed by atoms with Gasteiger partial charge in [0, 0.05) is 48.7 Å². The number of methoxy groups -OCH3 is 1. The second kappa shape index (κ2) is 11.8. The zero-order valence-electron chi connectivity index (χ0n) is 18.8. The number of ketones is 1. The summed E-state index contributed by atoms with van der Waals surface area (Å²) in [5.41, 5.74) is 2.06. The number of ether oxygens (including phenoxy) is 1. The van der Waals surface area contributed by atoms with Crippen LogP contribution < -0.4 is 10.1 Å². The molecule has 2 aromatic rings. The number of amides is 2. The molecule has 1 heterocycles. The van der Waals surface area contributed by atoms with Crippen LogP contribution in [0.1, 0.15) is 22.8 Å². The summed E-state index contributed by atoms with van der Waals surface area (Å²) in [6, 6.07) is 11.0. The van der Waals surface area contributed by atoms with Gasteiger partial charge in [-0.1, -0.05) is 0 Å². The van der Waals surface area contributed by atoms with Crippen molar-refractivity contribution in [3.8, 4) is 5.75 Å². The van der Waals surface area contributed by atoms with Crippen molar-refractivity contribution in [2.45, 2.75) is 12.7 Å². The maximum Gasteiger partial charge on any atom is 0.238 e. The second-order valence-corrected chi connectivity index (χ2v) is 8.77. The maximum absolute atomic E-state index is 13.0. The smallest absolute Gasteiger partial charge is 0.238 e. The first-order valence-corrected chi connectivity index (χ1v) is 11.8. The second-order valence-electron chi connectivity index (χ2n) is 7.79. The Balaban J connectivity index is 1.40. The Morgan fingerprint density at radius 2 is 1.76 bits per heavy atom. The van der Waals surface area contributed by atoms with E-state index in [0.717, 1.165) is 5.56 Å². The Kier molecular flexibility index (Phi) is 8.85. The Morgan fingerprint density at radius 3 is 2.39 bits per heavy atom. The molecule has 176 valence electrons. The van der Waals surface area contributed by atoms with Gasteiger partial charge in [-0.15, -0.1) is 11.8 Å². The van der Waals surface area contributed by atoms with Crippen LogP contribution in [0.3, 0.4) is 0 Å². The molecule has 1 aliphatic rings. The molecule has 0 aromatic heterocycles. The van der Waals surface area contributed by atoms with Gasteiger partial charge in [0.15, 0.2) is 5.78 Å². The number of nitrogens with one attached hydrogen (secondary N) is 1. The van der Waals surface area contributed by atoms with E-state index in [-0.39, 0.29) is 30.0 Å². The van der Waals surface area contributed by atoms with Crippen LogP contribution in [0.5, 0.6) is 5.75 Å². The Bertz CT molecular complexity index is 992. The van der Waals surface area contributed by atoms with Crippen LogP contribution in [0, 0.1) is 5.82 Å². The molecule has 2 amide bonds. The van der Waals surface area contributed by atoms with E-state index < -0.39 is 0 Å². The average molecular weight is 474 g/mol. The lowest BCUT2D eigenvalue weighted by molar-refractivity contribution is -0.130. The lowest BCUT2D eigenvalue weighted by Gasteiger charge is -2.34. The molecule has 3 rings (SSSR count). The van der Waals surface area contributed by atoms with E-state index in [1.54, 1.807) is 19.2 Å². The minimum atomic E-state index is -0.351. The van der Waals surface area contributed by atoms with Crippen LogP contribution >= 0.6 is 11.8 Å². The summed E-state index contributed by atoms with van der Waals surface area (Å²) in [5.74, 6) is 1.13. The highest BCUT2D eigenvalue weighted by Gasteiger charge is 2.22. The first-order valence-electron chi connectivity index (χ1n) is 10.7. The van der Waals surface area contributed by atoms with Crippen LogP contribution in [0.15, 0.2) is 42.5 Å². The van der Waals surface area contributed by atoms with Gasteiger partial charge in [0.2, 0.25) is 11.8 Å². The molecule has 0 spiro atoms. The highest BCUT2D eigenvalue weighted by Crippen LogP contribution is 2.25. The van der Waals surface area contributed by atoms with Crippen LogP contribution in [0.25, 0.3) is 0 Å². The molecule has 0 aliphatic carbocycles. The molecule has 7 nitrogen and oxygen atoms in total. The molecule has 0 bridgehead atoms. The van der Waals surface area contributed by atoms with Crippen LogP contribution in [0.2, 0.25) is 0 Å². The van der Waals surface area contributed by atoms with Crippen LogP contribution in [0.4, 0.5) is 10.1 Å². The van der Waals surface area contributed by atoms with Crippen molar-refractivity contribution in [2.75, 3.05) is 50.9 Å². The van der Waals surface area contributed by atoms with Crippen LogP contribution in [-0.4, -0.2) is 73.0 Å². The number of piperazine rings is 1. The molecule has 33 heavy (non-hydrogen) atoms. The third kappa shape index (κ3) is 7.30. The zero-order valence-corrected chi connectivity index (χ0v) is 19.6. The normalized spacial score (nSPS) is 14.1. The summed E-state index contributed by atoms with van der Waals surface area (Å²) >= 11 is 1.48. The quantitative estimate of drug-likeness (QED) is 0.564. The number of thioether (sulfide) groups is 1. The topological polar surface area (TPSA) is 79.0 Å². The van der Waals surface area contributed by atoms with E-state index in [2.05, 4.69) is 5.32 Å². The van der Waals surface area contributed by atoms with Crippen molar-refractivity contribution in [3.05, 3.63) is 59.4 Å². The minimum absolute atomic E-state index is 0.0100. The lowest BCUT2D eigenvalue weighted by Crippen LogP contribution is -2.50. The molecule has 1 aliphatic heterocycles. The largest absolute Gasteiger partial charge is 0.496 e. The fourth-order valence-electron chi connectivity index (χ4n) is 3.54.